The van der Waals surface area contributed by atoms with Gasteiger partial charge in [0.25, 0.3) is 5.91 Å². The lowest BCUT2D eigenvalue weighted by Gasteiger charge is -2.16. The van der Waals surface area contributed by atoms with Crippen LogP contribution in [-0.2, 0) is 10.0 Å². The zero-order valence-electron chi connectivity index (χ0n) is 15.6. The van der Waals surface area contributed by atoms with Crippen LogP contribution in [0.1, 0.15) is 10.4 Å². The Kier molecular flexibility index (Phi) is 5.93. The molecule has 10 heteroatoms. The zero-order chi connectivity index (χ0) is 20.9. The van der Waals surface area contributed by atoms with Gasteiger partial charge in [-0.05, 0) is 54.3 Å². The van der Waals surface area contributed by atoms with Gasteiger partial charge in [-0.3, -0.25) is 4.79 Å². The molecular formula is C19H17N4O5S-. The van der Waals surface area contributed by atoms with Gasteiger partial charge in [0.1, 0.15) is 5.75 Å². The quantitative estimate of drug-likeness (QED) is 0.631. The molecule has 3 rings (SSSR count). The van der Waals surface area contributed by atoms with Crippen molar-refractivity contribution in [2.75, 3.05) is 19.5 Å². The zero-order valence-corrected chi connectivity index (χ0v) is 16.4. The Labute approximate surface area is 167 Å². The molecule has 0 aliphatic rings. The van der Waals surface area contributed by atoms with E-state index < -0.39 is 10.0 Å². The van der Waals surface area contributed by atoms with Crippen LogP contribution in [0.4, 0.5) is 11.5 Å². The van der Waals surface area contributed by atoms with Crippen molar-refractivity contribution in [1.82, 2.24) is 9.97 Å². The summed E-state index contributed by atoms with van der Waals surface area (Å²) in [4.78, 5) is 19.9. The SMILES string of the molecule is COc1cccc(C(=O)Nc2ccc(S(=O)(=O)[N-]c3cc(OC)ncn3)cc2)c1. The summed E-state index contributed by atoms with van der Waals surface area (Å²) in [6.07, 6.45) is 1.16. The monoisotopic (exact) mass is 413 g/mol. The minimum absolute atomic E-state index is 0.0468. The predicted molar refractivity (Wildman–Crippen MR) is 106 cm³/mol. The molecule has 1 heterocycles. The van der Waals surface area contributed by atoms with E-state index in [4.69, 9.17) is 9.47 Å². The highest BCUT2D eigenvalue weighted by molar-refractivity contribution is 7.94. The molecule has 0 saturated heterocycles. The highest BCUT2D eigenvalue weighted by Gasteiger charge is 2.12. The minimum Gasteiger partial charge on any atom is -0.497 e. The van der Waals surface area contributed by atoms with Gasteiger partial charge >= 0.3 is 0 Å². The summed E-state index contributed by atoms with van der Waals surface area (Å²) in [5.74, 6) is 0.358. The molecule has 1 amide bonds. The molecule has 0 unspecified atom stereocenters. The fraction of sp³-hybridized carbons (Fsp3) is 0.105. The lowest BCUT2D eigenvalue weighted by atomic mass is 10.2. The van der Waals surface area contributed by atoms with Crippen LogP contribution in [0.2, 0.25) is 0 Å². The number of carbonyl (C=O) groups is 1. The summed E-state index contributed by atoms with van der Waals surface area (Å²) in [7, 11) is -1.08. The average molecular weight is 413 g/mol. The Bertz CT molecular complexity index is 1120. The van der Waals surface area contributed by atoms with Gasteiger partial charge in [0.05, 0.1) is 19.1 Å². The van der Waals surface area contributed by atoms with Crippen molar-refractivity contribution in [1.29, 1.82) is 0 Å². The molecule has 0 aliphatic carbocycles. The van der Waals surface area contributed by atoms with E-state index in [1.165, 1.54) is 44.6 Å². The van der Waals surface area contributed by atoms with E-state index in [1.807, 2.05) is 0 Å². The van der Waals surface area contributed by atoms with Crippen LogP contribution in [0.3, 0.4) is 0 Å². The molecular weight excluding hydrogens is 396 g/mol. The highest BCUT2D eigenvalue weighted by Crippen LogP contribution is 2.28. The van der Waals surface area contributed by atoms with Crippen molar-refractivity contribution in [2.24, 2.45) is 0 Å². The predicted octanol–water partition coefficient (Wildman–Crippen LogP) is 3.14. The Balaban J connectivity index is 1.72. The summed E-state index contributed by atoms with van der Waals surface area (Å²) in [6, 6.07) is 13.6. The van der Waals surface area contributed by atoms with Crippen molar-refractivity contribution in [3.8, 4) is 11.6 Å². The van der Waals surface area contributed by atoms with E-state index >= 15 is 0 Å². The normalized spacial score (nSPS) is 10.8. The number of sulfonamides is 1. The van der Waals surface area contributed by atoms with Crippen molar-refractivity contribution >= 4 is 27.4 Å². The first-order valence-electron chi connectivity index (χ1n) is 8.31. The van der Waals surface area contributed by atoms with Crippen LogP contribution in [0.5, 0.6) is 11.6 Å². The molecule has 0 aliphatic heterocycles. The Hall–Kier alpha value is -3.66. The van der Waals surface area contributed by atoms with E-state index in [2.05, 4.69) is 20.0 Å². The van der Waals surface area contributed by atoms with Crippen molar-refractivity contribution in [2.45, 2.75) is 4.90 Å². The molecule has 0 bridgehead atoms. The molecule has 1 aromatic heterocycles. The van der Waals surface area contributed by atoms with Gasteiger partial charge in [-0.2, -0.15) is 0 Å². The maximum Gasteiger partial charge on any atom is 0.255 e. The third-order valence-electron chi connectivity index (χ3n) is 3.79. The Morgan fingerprint density at radius 1 is 1.00 bits per heavy atom. The number of anilines is 1. The van der Waals surface area contributed by atoms with E-state index in [9.17, 15) is 13.2 Å². The van der Waals surface area contributed by atoms with Gasteiger partial charge in [0.15, 0.2) is 0 Å². The second-order valence-electron chi connectivity index (χ2n) is 5.70. The first-order valence-corrected chi connectivity index (χ1v) is 9.75. The van der Waals surface area contributed by atoms with Crippen LogP contribution in [0, 0.1) is 0 Å². The molecule has 150 valence electrons. The van der Waals surface area contributed by atoms with E-state index in [0.717, 1.165) is 6.33 Å². The Morgan fingerprint density at radius 3 is 2.45 bits per heavy atom. The highest BCUT2D eigenvalue weighted by atomic mass is 32.2. The first kappa shape index (κ1) is 20.1. The second kappa shape index (κ2) is 8.57. The number of carbonyl (C=O) groups excluding carboxylic acids is 1. The molecule has 2 aromatic carbocycles. The summed E-state index contributed by atoms with van der Waals surface area (Å²) < 4.78 is 38.6. The number of methoxy groups -OCH3 is 2. The number of benzene rings is 2. The number of nitrogens with one attached hydrogen (secondary N) is 1. The fourth-order valence-electron chi connectivity index (χ4n) is 2.35. The smallest absolute Gasteiger partial charge is 0.255 e. The van der Waals surface area contributed by atoms with Gasteiger partial charge in [0.2, 0.25) is 15.9 Å². The molecule has 0 atom stereocenters. The molecule has 0 spiro atoms. The van der Waals surface area contributed by atoms with E-state index in [-0.39, 0.29) is 22.5 Å². The van der Waals surface area contributed by atoms with Crippen LogP contribution >= 0.6 is 0 Å². The number of hydrogen-bond donors (Lipinski definition) is 1. The molecule has 3 aromatic rings. The fourth-order valence-corrected chi connectivity index (χ4v) is 3.28. The third-order valence-corrected chi connectivity index (χ3v) is 5.09. The second-order valence-corrected chi connectivity index (χ2v) is 7.30. The standard InChI is InChI=1S/C19H18N4O5S/c1-27-15-5-3-4-13(10-15)19(24)22-14-6-8-16(9-7-14)29(25,26)23-17-11-18(28-2)21-12-20-17/h3-12H,1-2H3,(H2,20,21,22,23,24)/p-1. The van der Waals surface area contributed by atoms with Crippen molar-refractivity contribution < 1.29 is 22.7 Å². The summed E-state index contributed by atoms with van der Waals surface area (Å²) in [6.45, 7) is 0. The van der Waals surface area contributed by atoms with Crippen molar-refractivity contribution in [3.05, 3.63) is 71.2 Å². The Morgan fingerprint density at radius 2 is 1.76 bits per heavy atom. The lowest BCUT2D eigenvalue weighted by molar-refractivity contribution is 0.102. The topological polar surface area (TPSA) is 122 Å². The lowest BCUT2D eigenvalue weighted by Crippen LogP contribution is -2.12. The number of nitrogens with zero attached hydrogens (tertiary/aromatic N) is 3. The van der Waals surface area contributed by atoms with E-state index in [0.29, 0.717) is 17.0 Å². The summed E-state index contributed by atoms with van der Waals surface area (Å²) >= 11 is 0. The van der Waals surface area contributed by atoms with Gasteiger partial charge < -0.3 is 24.5 Å². The molecule has 1 N–H and O–H groups in total. The van der Waals surface area contributed by atoms with E-state index in [1.54, 1.807) is 24.3 Å². The molecule has 0 saturated carbocycles. The number of ether oxygens (including phenoxy) is 2. The third kappa shape index (κ3) is 4.99. The maximum atomic E-state index is 12.5. The number of aromatic nitrogens is 2. The van der Waals surface area contributed by atoms with Gasteiger partial charge in [-0.25, -0.2) is 13.4 Å². The molecule has 9 nitrogen and oxygen atoms in total. The van der Waals surface area contributed by atoms with Crippen molar-refractivity contribution in [3.63, 3.8) is 0 Å². The average Bonchev–Trinajstić information content (AvgIpc) is 2.74. The van der Waals surface area contributed by atoms with Crippen LogP contribution in [0.15, 0.2) is 65.8 Å². The molecule has 0 radical (unpaired) electrons. The number of hydrogen-bond acceptors (Lipinski definition) is 7. The number of amides is 1. The molecule has 0 fully saturated rings. The van der Waals surface area contributed by atoms with Crippen LogP contribution in [-0.4, -0.2) is 38.5 Å². The maximum absolute atomic E-state index is 12.5. The van der Waals surface area contributed by atoms with Crippen LogP contribution in [0.25, 0.3) is 4.72 Å². The van der Waals surface area contributed by atoms with Crippen LogP contribution < -0.4 is 14.8 Å². The summed E-state index contributed by atoms with van der Waals surface area (Å²) in [5.41, 5.74) is 0.842. The molecule has 29 heavy (non-hydrogen) atoms. The van der Waals surface area contributed by atoms with Gasteiger partial charge in [-0.15, -0.1) is 0 Å². The summed E-state index contributed by atoms with van der Waals surface area (Å²) in [5, 5.41) is 2.70. The first-order chi connectivity index (χ1) is 13.9. The largest absolute Gasteiger partial charge is 0.497 e. The van der Waals surface area contributed by atoms with Gasteiger partial charge in [0, 0.05) is 17.6 Å². The van der Waals surface area contributed by atoms with Gasteiger partial charge in [-0.1, -0.05) is 6.07 Å². The number of rotatable bonds is 7. The minimum atomic E-state index is -3.99.